The minimum Gasteiger partial charge on any atom is -0.354 e. The molecule has 0 saturated carbocycles. The molecule has 31 heavy (non-hydrogen) atoms. The standard InChI is InChI=1S/C28H15NS2/c1-4-16-14-19(22-7-3-13-31-22)28-27-23(16)18(5-1)25-17(21-6-2-12-30-21)10-8-15-9-11-20(29-28)26(27)24(15)25/h1-14,29H. The molecular formula is C28H15NS2. The summed E-state index contributed by atoms with van der Waals surface area (Å²) in [6.45, 7) is 0. The van der Waals surface area contributed by atoms with E-state index in [1.165, 1.54) is 75.0 Å². The Morgan fingerprint density at radius 1 is 0.548 bits per heavy atom. The van der Waals surface area contributed by atoms with Crippen molar-refractivity contribution in [3.63, 3.8) is 0 Å². The minimum atomic E-state index is 1.23. The Morgan fingerprint density at radius 3 is 2.16 bits per heavy atom. The van der Waals surface area contributed by atoms with E-state index in [0.29, 0.717) is 0 Å². The van der Waals surface area contributed by atoms with Crippen LogP contribution in [0.2, 0.25) is 0 Å². The highest BCUT2D eigenvalue weighted by Gasteiger charge is 2.23. The maximum atomic E-state index is 3.81. The molecule has 0 amide bonds. The summed E-state index contributed by atoms with van der Waals surface area (Å²) in [7, 11) is 0. The average Bonchev–Trinajstić information content (AvgIpc) is 3.58. The Hall–Kier alpha value is -3.40. The molecule has 5 aromatic carbocycles. The van der Waals surface area contributed by atoms with Crippen LogP contribution in [0.15, 0.2) is 83.6 Å². The van der Waals surface area contributed by atoms with Crippen LogP contribution in [-0.4, -0.2) is 4.98 Å². The molecule has 0 bridgehead atoms. The molecular weight excluding hydrogens is 414 g/mol. The second-order valence-corrected chi connectivity index (χ2v) is 10.1. The molecule has 144 valence electrons. The summed E-state index contributed by atoms with van der Waals surface area (Å²) in [5.74, 6) is 0. The minimum absolute atomic E-state index is 1.23. The van der Waals surface area contributed by atoms with Gasteiger partial charge in [0.05, 0.1) is 5.52 Å². The van der Waals surface area contributed by atoms with E-state index in [1.807, 2.05) is 22.7 Å². The van der Waals surface area contributed by atoms with Crippen LogP contribution in [0.5, 0.6) is 0 Å². The zero-order valence-electron chi connectivity index (χ0n) is 16.4. The van der Waals surface area contributed by atoms with Crippen molar-refractivity contribution < 1.29 is 0 Å². The number of thiophene rings is 2. The second kappa shape index (κ2) is 5.64. The monoisotopic (exact) mass is 429 g/mol. The summed E-state index contributed by atoms with van der Waals surface area (Å²) in [6, 6.07) is 27.1. The summed E-state index contributed by atoms with van der Waals surface area (Å²) in [5.41, 5.74) is 5.13. The van der Waals surface area contributed by atoms with Gasteiger partial charge in [-0.15, -0.1) is 22.7 Å². The van der Waals surface area contributed by atoms with Crippen LogP contribution in [-0.2, 0) is 0 Å². The number of nitrogens with one attached hydrogen (secondary N) is 1. The molecule has 3 heteroatoms. The van der Waals surface area contributed by atoms with Gasteiger partial charge in [0.15, 0.2) is 0 Å². The zero-order valence-corrected chi connectivity index (χ0v) is 18.0. The van der Waals surface area contributed by atoms with Gasteiger partial charge in [-0.2, -0.15) is 0 Å². The van der Waals surface area contributed by atoms with Crippen LogP contribution >= 0.6 is 22.7 Å². The van der Waals surface area contributed by atoms with Gasteiger partial charge in [0, 0.05) is 42.6 Å². The lowest BCUT2D eigenvalue weighted by Gasteiger charge is -2.16. The van der Waals surface area contributed by atoms with Crippen LogP contribution in [0.3, 0.4) is 0 Å². The molecule has 8 aromatic rings. The van der Waals surface area contributed by atoms with Gasteiger partial charge in [-0.1, -0.05) is 48.5 Å². The van der Waals surface area contributed by atoms with E-state index < -0.39 is 0 Å². The van der Waals surface area contributed by atoms with Crippen LogP contribution < -0.4 is 0 Å². The molecule has 3 heterocycles. The first-order valence-corrected chi connectivity index (χ1v) is 12.2. The lowest BCUT2D eigenvalue weighted by atomic mass is 9.86. The number of aromatic nitrogens is 1. The quantitative estimate of drug-likeness (QED) is 0.208. The molecule has 3 aromatic heterocycles. The predicted octanol–water partition coefficient (Wildman–Crippen LogP) is 9.11. The number of aromatic amines is 1. The molecule has 0 saturated heterocycles. The summed E-state index contributed by atoms with van der Waals surface area (Å²) in [6.07, 6.45) is 0. The SMILES string of the molecule is c1csc(-c2cc3cccc4c5c(-c6cccs6)ccc6ccc7[nH]c2c(c34)c7c65)c1. The normalized spacial score (nSPS) is 12.5. The van der Waals surface area contributed by atoms with Gasteiger partial charge in [-0.25, -0.2) is 0 Å². The third-order valence-electron chi connectivity index (χ3n) is 6.70. The van der Waals surface area contributed by atoms with E-state index >= 15 is 0 Å². The Balaban J connectivity index is 1.72. The highest BCUT2D eigenvalue weighted by molar-refractivity contribution is 7.14. The van der Waals surface area contributed by atoms with Gasteiger partial charge < -0.3 is 4.98 Å². The molecule has 0 aliphatic carbocycles. The van der Waals surface area contributed by atoms with Gasteiger partial charge in [-0.05, 0) is 62.0 Å². The van der Waals surface area contributed by atoms with Crippen molar-refractivity contribution in [2.24, 2.45) is 0 Å². The van der Waals surface area contributed by atoms with Gasteiger partial charge in [0.2, 0.25) is 0 Å². The first-order chi connectivity index (χ1) is 15.4. The predicted molar refractivity (Wildman–Crippen MR) is 137 cm³/mol. The van der Waals surface area contributed by atoms with Crippen molar-refractivity contribution in [3.05, 3.63) is 83.6 Å². The third kappa shape index (κ3) is 1.96. The fourth-order valence-corrected chi connectivity index (χ4v) is 7.01. The van der Waals surface area contributed by atoms with E-state index in [1.54, 1.807) is 0 Å². The topological polar surface area (TPSA) is 15.8 Å². The molecule has 1 nitrogen and oxygen atoms in total. The summed E-state index contributed by atoms with van der Waals surface area (Å²) < 4.78 is 0. The van der Waals surface area contributed by atoms with E-state index in [9.17, 15) is 0 Å². The third-order valence-corrected chi connectivity index (χ3v) is 8.51. The first-order valence-electron chi connectivity index (χ1n) is 10.4. The number of hydrogen-bond acceptors (Lipinski definition) is 2. The fraction of sp³-hybridized carbons (Fsp3) is 0. The van der Waals surface area contributed by atoms with E-state index in [4.69, 9.17) is 0 Å². The summed E-state index contributed by atoms with van der Waals surface area (Å²) in [5, 5.41) is 15.2. The number of hydrogen-bond donors (Lipinski definition) is 1. The Labute approximate surface area is 185 Å². The van der Waals surface area contributed by atoms with E-state index in [-0.39, 0.29) is 0 Å². The average molecular weight is 430 g/mol. The first kappa shape index (κ1) is 16.3. The molecule has 0 spiro atoms. The van der Waals surface area contributed by atoms with Gasteiger partial charge in [0.25, 0.3) is 0 Å². The second-order valence-electron chi connectivity index (χ2n) is 8.23. The largest absolute Gasteiger partial charge is 0.354 e. The van der Waals surface area contributed by atoms with Crippen molar-refractivity contribution >= 4 is 76.8 Å². The van der Waals surface area contributed by atoms with Gasteiger partial charge in [-0.3, -0.25) is 0 Å². The van der Waals surface area contributed by atoms with Crippen LogP contribution in [0, 0.1) is 0 Å². The number of benzene rings is 5. The van der Waals surface area contributed by atoms with Crippen LogP contribution in [0.1, 0.15) is 0 Å². The van der Waals surface area contributed by atoms with Crippen molar-refractivity contribution in [2.75, 3.05) is 0 Å². The maximum Gasteiger partial charge on any atom is 0.0559 e. The zero-order chi connectivity index (χ0) is 20.1. The van der Waals surface area contributed by atoms with E-state index in [2.05, 4.69) is 88.5 Å². The molecule has 0 fully saturated rings. The van der Waals surface area contributed by atoms with E-state index in [0.717, 1.165) is 0 Å². The summed E-state index contributed by atoms with van der Waals surface area (Å²) >= 11 is 3.63. The molecule has 0 aliphatic rings. The molecule has 0 atom stereocenters. The lowest BCUT2D eigenvalue weighted by Crippen LogP contribution is -1.89. The molecule has 0 unspecified atom stereocenters. The smallest absolute Gasteiger partial charge is 0.0559 e. The Morgan fingerprint density at radius 2 is 1.35 bits per heavy atom. The van der Waals surface area contributed by atoms with Crippen LogP contribution in [0.4, 0.5) is 0 Å². The van der Waals surface area contributed by atoms with Crippen molar-refractivity contribution in [2.45, 2.75) is 0 Å². The molecule has 0 radical (unpaired) electrons. The molecule has 0 aliphatic heterocycles. The van der Waals surface area contributed by atoms with Gasteiger partial charge >= 0.3 is 0 Å². The van der Waals surface area contributed by atoms with Crippen molar-refractivity contribution in [1.82, 2.24) is 4.98 Å². The Kier molecular flexibility index (Phi) is 2.97. The number of H-pyrrole nitrogens is 1. The van der Waals surface area contributed by atoms with Crippen LogP contribution in [0.25, 0.3) is 75.0 Å². The Bertz CT molecular complexity index is 1870. The van der Waals surface area contributed by atoms with Gasteiger partial charge in [0.1, 0.15) is 0 Å². The maximum absolute atomic E-state index is 3.81. The summed E-state index contributed by atoms with van der Waals surface area (Å²) in [4.78, 5) is 6.45. The molecule has 8 rings (SSSR count). The lowest BCUT2D eigenvalue weighted by molar-refractivity contribution is 1.56. The highest BCUT2D eigenvalue weighted by atomic mass is 32.1. The fourth-order valence-electron chi connectivity index (χ4n) is 5.50. The van der Waals surface area contributed by atoms with Crippen molar-refractivity contribution in [1.29, 1.82) is 0 Å². The molecule has 1 N–H and O–H groups in total. The number of rotatable bonds is 2. The van der Waals surface area contributed by atoms with Crippen molar-refractivity contribution in [3.8, 4) is 20.9 Å². The number of fused-ring (bicyclic) bond motifs is 1. The highest BCUT2D eigenvalue weighted by Crippen LogP contribution is 2.50.